The van der Waals surface area contributed by atoms with E-state index in [-0.39, 0.29) is 5.91 Å². The average molecular weight is 518 g/mol. The largest absolute Gasteiger partial charge is 0.378 e. The third-order valence-corrected chi connectivity index (χ3v) is 7.60. The van der Waals surface area contributed by atoms with Crippen molar-refractivity contribution in [1.82, 2.24) is 25.1 Å². The number of aromatic nitrogens is 2. The van der Waals surface area contributed by atoms with Gasteiger partial charge >= 0.3 is 0 Å². The molecule has 11 heteroatoms. The number of hydrogen-bond acceptors (Lipinski definition) is 10. The van der Waals surface area contributed by atoms with Gasteiger partial charge in [-0.15, -0.1) is 0 Å². The van der Waals surface area contributed by atoms with Crippen molar-refractivity contribution >= 4 is 35.1 Å². The zero-order chi connectivity index (χ0) is 26.1. The lowest BCUT2D eigenvalue weighted by atomic mass is 10.1. The number of carbonyl (C=O) groups excluding carboxylic acids is 1. The van der Waals surface area contributed by atoms with E-state index in [2.05, 4.69) is 44.2 Å². The Labute approximate surface area is 223 Å². The van der Waals surface area contributed by atoms with Crippen LogP contribution in [0.4, 0.5) is 17.5 Å². The lowest BCUT2D eigenvalue weighted by molar-refractivity contribution is -0.132. The molecule has 2 fully saturated rings. The summed E-state index contributed by atoms with van der Waals surface area (Å²) >= 11 is 0. The molecular weight excluding hydrogens is 482 g/mol. The summed E-state index contributed by atoms with van der Waals surface area (Å²) in [7, 11) is 2.10. The average Bonchev–Trinajstić information content (AvgIpc) is 3.38. The Balaban J connectivity index is 1.30. The number of benzene rings is 1. The van der Waals surface area contributed by atoms with Crippen molar-refractivity contribution in [3.8, 4) is 0 Å². The standard InChI is InChI=1S/C27H35N9O2/c1-33-7-9-34(10-8-33)23(37)16-19-3-2-4-21(15-19)36-6-5-22-24(20-17-29-26(28)30-18-20)31-27(32-25(22)36)35-11-13-38-14-12-35/h2-4,15,17-18,26,29H,5-14,16,28H2,1H3. The first-order valence-electron chi connectivity index (χ1n) is 13.4. The summed E-state index contributed by atoms with van der Waals surface area (Å²) in [5.41, 5.74) is 10.8. The quantitative estimate of drug-likeness (QED) is 0.588. The summed E-state index contributed by atoms with van der Waals surface area (Å²) in [6.45, 7) is 7.02. The second-order valence-corrected chi connectivity index (χ2v) is 10.2. The molecule has 1 amide bonds. The Morgan fingerprint density at radius 2 is 1.92 bits per heavy atom. The minimum absolute atomic E-state index is 0.186. The number of likely N-dealkylation sites (N-methyl/N-ethyl adjacent to an activating group) is 1. The minimum atomic E-state index is -0.444. The molecule has 2 aromatic rings. The summed E-state index contributed by atoms with van der Waals surface area (Å²) < 4.78 is 5.56. The molecule has 4 aliphatic heterocycles. The van der Waals surface area contributed by atoms with Crippen LogP contribution in [-0.2, 0) is 22.4 Å². The van der Waals surface area contributed by atoms with E-state index in [1.165, 1.54) is 0 Å². The fourth-order valence-corrected chi connectivity index (χ4v) is 5.36. The van der Waals surface area contributed by atoms with Crippen LogP contribution in [-0.4, -0.2) is 104 Å². The molecule has 0 spiro atoms. The molecule has 0 bridgehead atoms. The van der Waals surface area contributed by atoms with Gasteiger partial charge < -0.3 is 29.7 Å². The maximum atomic E-state index is 13.0. The van der Waals surface area contributed by atoms with Crippen LogP contribution in [0.5, 0.6) is 0 Å². The number of hydrogen-bond donors (Lipinski definition) is 2. The van der Waals surface area contributed by atoms with E-state index in [4.69, 9.17) is 20.4 Å². The number of nitrogens with zero attached hydrogens (tertiary/aromatic N) is 7. The van der Waals surface area contributed by atoms with E-state index in [1.54, 1.807) is 6.21 Å². The van der Waals surface area contributed by atoms with Crippen LogP contribution < -0.4 is 20.9 Å². The number of carbonyl (C=O) groups is 1. The molecule has 0 aliphatic carbocycles. The highest BCUT2D eigenvalue weighted by atomic mass is 16.5. The lowest BCUT2D eigenvalue weighted by Crippen LogP contribution is -2.47. The van der Waals surface area contributed by atoms with Gasteiger partial charge in [-0.25, -0.2) is 4.98 Å². The number of nitrogens with two attached hydrogens (primary N) is 1. The van der Waals surface area contributed by atoms with E-state index in [0.717, 1.165) is 86.1 Å². The Morgan fingerprint density at radius 3 is 2.68 bits per heavy atom. The van der Waals surface area contributed by atoms with Crippen LogP contribution in [0.2, 0.25) is 0 Å². The van der Waals surface area contributed by atoms with Crippen LogP contribution in [0.3, 0.4) is 0 Å². The number of allylic oxidation sites excluding steroid dienone is 1. The molecular formula is C27H35N9O2. The summed E-state index contributed by atoms with van der Waals surface area (Å²) in [6, 6.07) is 8.29. The molecule has 2 saturated heterocycles. The molecule has 4 aliphatic rings. The highest BCUT2D eigenvalue weighted by molar-refractivity contribution is 6.10. The van der Waals surface area contributed by atoms with Crippen LogP contribution in [0.1, 0.15) is 16.8 Å². The third-order valence-electron chi connectivity index (χ3n) is 7.60. The van der Waals surface area contributed by atoms with Gasteiger partial charge in [-0.2, -0.15) is 4.98 Å². The van der Waals surface area contributed by atoms with Crippen molar-refractivity contribution in [3.63, 3.8) is 0 Å². The van der Waals surface area contributed by atoms with Crippen molar-refractivity contribution in [2.45, 2.75) is 19.1 Å². The van der Waals surface area contributed by atoms with Gasteiger partial charge in [0.15, 0.2) is 6.29 Å². The Bertz CT molecular complexity index is 1250. The summed E-state index contributed by atoms with van der Waals surface area (Å²) in [6.07, 6.45) is 4.45. The van der Waals surface area contributed by atoms with Crippen molar-refractivity contribution < 1.29 is 9.53 Å². The van der Waals surface area contributed by atoms with E-state index < -0.39 is 6.29 Å². The minimum Gasteiger partial charge on any atom is -0.378 e. The Kier molecular flexibility index (Phi) is 6.96. The van der Waals surface area contributed by atoms with Crippen molar-refractivity contribution in [2.24, 2.45) is 10.7 Å². The Hall–Kier alpha value is -3.54. The SMILES string of the molecule is CN1CCN(C(=O)Cc2cccc(N3CCc4c(C5=CNC(N)N=C5)nc(N5CCOCC5)nc43)c2)CC1. The number of aliphatic imine (C=N–C) groups is 1. The van der Waals surface area contributed by atoms with Gasteiger partial charge in [0.1, 0.15) is 5.82 Å². The molecule has 11 nitrogen and oxygen atoms in total. The zero-order valence-corrected chi connectivity index (χ0v) is 21.8. The molecule has 1 atom stereocenters. The number of anilines is 3. The van der Waals surface area contributed by atoms with E-state index in [0.29, 0.717) is 25.6 Å². The molecule has 38 heavy (non-hydrogen) atoms. The first-order valence-corrected chi connectivity index (χ1v) is 13.4. The smallest absolute Gasteiger partial charge is 0.228 e. The van der Waals surface area contributed by atoms with Crippen molar-refractivity contribution in [2.75, 3.05) is 75.9 Å². The first kappa shape index (κ1) is 24.8. The van der Waals surface area contributed by atoms with Crippen molar-refractivity contribution in [1.29, 1.82) is 0 Å². The number of morpholine rings is 1. The molecule has 3 N–H and O–H groups in total. The van der Waals surface area contributed by atoms with Crippen LogP contribution in [0, 0.1) is 0 Å². The van der Waals surface area contributed by atoms with Gasteiger partial charge in [-0.05, 0) is 31.2 Å². The molecule has 1 aromatic carbocycles. The monoisotopic (exact) mass is 517 g/mol. The van der Waals surface area contributed by atoms with Crippen LogP contribution >= 0.6 is 0 Å². The topological polar surface area (TPSA) is 115 Å². The van der Waals surface area contributed by atoms with Gasteiger partial charge in [-0.1, -0.05) is 12.1 Å². The number of nitrogens with one attached hydrogen (secondary N) is 1. The molecule has 200 valence electrons. The molecule has 0 radical (unpaired) electrons. The van der Waals surface area contributed by atoms with E-state index in [9.17, 15) is 4.79 Å². The van der Waals surface area contributed by atoms with Gasteiger partial charge in [0.2, 0.25) is 11.9 Å². The summed E-state index contributed by atoms with van der Waals surface area (Å²) in [5, 5.41) is 3.09. The van der Waals surface area contributed by atoms with Crippen molar-refractivity contribution in [3.05, 3.63) is 47.3 Å². The van der Waals surface area contributed by atoms with Gasteiger partial charge in [0, 0.05) is 75.1 Å². The lowest BCUT2D eigenvalue weighted by Gasteiger charge is -2.32. The maximum absolute atomic E-state index is 13.0. The second kappa shape index (κ2) is 10.7. The van der Waals surface area contributed by atoms with Gasteiger partial charge in [-0.3, -0.25) is 15.5 Å². The zero-order valence-electron chi connectivity index (χ0n) is 21.8. The number of piperazine rings is 1. The molecule has 6 rings (SSSR count). The summed E-state index contributed by atoms with van der Waals surface area (Å²) in [4.78, 5) is 36.1. The molecule has 1 unspecified atom stereocenters. The van der Waals surface area contributed by atoms with Crippen LogP contribution in [0.15, 0.2) is 35.5 Å². The predicted molar refractivity (Wildman–Crippen MR) is 148 cm³/mol. The number of fused-ring (bicyclic) bond motifs is 1. The molecule has 1 aromatic heterocycles. The third kappa shape index (κ3) is 5.09. The van der Waals surface area contributed by atoms with Crippen LogP contribution in [0.25, 0.3) is 5.57 Å². The molecule has 5 heterocycles. The fraction of sp³-hybridized carbons (Fsp3) is 0.481. The highest BCUT2D eigenvalue weighted by Crippen LogP contribution is 2.38. The maximum Gasteiger partial charge on any atom is 0.228 e. The second-order valence-electron chi connectivity index (χ2n) is 10.2. The van der Waals surface area contributed by atoms with Gasteiger partial charge in [0.25, 0.3) is 0 Å². The number of ether oxygens (including phenoxy) is 1. The van der Waals surface area contributed by atoms with Gasteiger partial charge in [0.05, 0.1) is 25.3 Å². The Morgan fingerprint density at radius 1 is 1.11 bits per heavy atom. The predicted octanol–water partition coefficient (Wildman–Crippen LogP) is 0.581. The molecule has 0 saturated carbocycles. The number of amides is 1. The number of rotatable bonds is 5. The summed E-state index contributed by atoms with van der Waals surface area (Å²) in [5.74, 6) is 1.79. The fourth-order valence-electron chi connectivity index (χ4n) is 5.36. The normalized spacial score (nSPS) is 21.8. The van der Waals surface area contributed by atoms with E-state index in [1.807, 2.05) is 23.2 Å². The van der Waals surface area contributed by atoms with E-state index >= 15 is 0 Å². The first-order chi connectivity index (χ1) is 18.5. The highest BCUT2D eigenvalue weighted by Gasteiger charge is 2.30.